The van der Waals surface area contributed by atoms with Gasteiger partial charge < -0.3 is 10.1 Å². The first-order valence-corrected chi connectivity index (χ1v) is 4.20. The minimum Gasteiger partial charge on any atom is -0.381 e. The summed E-state index contributed by atoms with van der Waals surface area (Å²) in [7, 11) is 0. The molecule has 66 valence electrons. The van der Waals surface area contributed by atoms with E-state index in [4.69, 9.17) is 4.74 Å². The van der Waals surface area contributed by atoms with Gasteiger partial charge >= 0.3 is 0 Å². The Kier molecular flexibility index (Phi) is 3.16. The summed E-state index contributed by atoms with van der Waals surface area (Å²) in [6.07, 6.45) is 3.97. The highest BCUT2D eigenvalue weighted by Crippen LogP contribution is 2.33. The Hall–Kier alpha value is 0.210. The summed E-state index contributed by atoms with van der Waals surface area (Å²) in [5.41, 5.74) is 0.540. The van der Waals surface area contributed by atoms with Crippen molar-refractivity contribution in [1.82, 2.24) is 5.32 Å². The van der Waals surface area contributed by atoms with Crippen LogP contribution in [0.15, 0.2) is 0 Å². The molecule has 1 N–H and O–H groups in total. The van der Waals surface area contributed by atoms with Crippen molar-refractivity contribution in [1.29, 1.82) is 0 Å². The van der Waals surface area contributed by atoms with Crippen molar-refractivity contribution in [2.75, 3.05) is 26.3 Å². The molecule has 0 radical (unpaired) electrons. The van der Waals surface area contributed by atoms with E-state index in [-0.39, 0.29) is 12.4 Å². The lowest BCUT2D eigenvalue weighted by molar-refractivity contribution is 0.00347. The highest BCUT2D eigenvalue weighted by atomic mass is 35.5. The highest BCUT2D eigenvalue weighted by molar-refractivity contribution is 5.85. The molecule has 11 heavy (non-hydrogen) atoms. The molecule has 0 aliphatic carbocycles. The summed E-state index contributed by atoms with van der Waals surface area (Å²) in [6.45, 7) is 4.37. The second-order valence-corrected chi connectivity index (χ2v) is 3.58. The van der Waals surface area contributed by atoms with Crippen LogP contribution in [0.25, 0.3) is 0 Å². The standard InChI is InChI=1S/C8H15NO.ClH/c1-2-8(7-10-5-1)3-4-9-6-8;/h9H,1-7H2;1H/t8-;/m0./s1. The third-order valence-electron chi connectivity index (χ3n) is 2.74. The quantitative estimate of drug-likeness (QED) is 0.601. The summed E-state index contributed by atoms with van der Waals surface area (Å²) >= 11 is 0. The van der Waals surface area contributed by atoms with Gasteiger partial charge in [-0.2, -0.15) is 0 Å². The molecule has 0 aromatic heterocycles. The van der Waals surface area contributed by atoms with Crippen LogP contribution in [0.5, 0.6) is 0 Å². The van der Waals surface area contributed by atoms with Gasteiger partial charge in [0.25, 0.3) is 0 Å². The van der Waals surface area contributed by atoms with E-state index < -0.39 is 0 Å². The van der Waals surface area contributed by atoms with Gasteiger partial charge in [0, 0.05) is 18.6 Å². The molecule has 2 aliphatic heterocycles. The van der Waals surface area contributed by atoms with Gasteiger partial charge in [-0.05, 0) is 25.8 Å². The number of ether oxygens (including phenoxy) is 1. The molecule has 2 fully saturated rings. The first-order valence-electron chi connectivity index (χ1n) is 4.20. The smallest absolute Gasteiger partial charge is 0.0535 e. The number of nitrogens with one attached hydrogen (secondary N) is 1. The molecule has 1 spiro atoms. The predicted octanol–water partition coefficient (Wildman–Crippen LogP) is 1.20. The molecular formula is C8H16ClNO. The van der Waals surface area contributed by atoms with E-state index in [2.05, 4.69) is 5.32 Å². The number of hydrogen-bond donors (Lipinski definition) is 1. The van der Waals surface area contributed by atoms with Crippen molar-refractivity contribution < 1.29 is 4.74 Å². The van der Waals surface area contributed by atoms with E-state index in [1.807, 2.05) is 0 Å². The van der Waals surface area contributed by atoms with Gasteiger partial charge in [-0.3, -0.25) is 0 Å². The fourth-order valence-corrected chi connectivity index (χ4v) is 2.04. The van der Waals surface area contributed by atoms with Crippen molar-refractivity contribution in [3.05, 3.63) is 0 Å². The van der Waals surface area contributed by atoms with Crippen LogP contribution in [0.4, 0.5) is 0 Å². The lowest BCUT2D eigenvalue weighted by Crippen LogP contribution is -2.33. The van der Waals surface area contributed by atoms with E-state index >= 15 is 0 Å². The van der Waals surface area contributed by atoms with Crippen LogP contribution in [0.2, 0.25) is 0 Å². The summed E-state index contributed by atoms with van der Waals surface area (Å²) < 4.78 is 5.47. The van der Waals surface area contributed by atoms with Gasteiger partial charge in [-0.15, -0.1) is 12.4 Å². The third kappa shape index (κ3) is 1.86. The normalized spacial score (nSPS) is 37.1. The molecule has 0 bridgehead atoms. The third-order valence-corrected chi connectivity index (χ3v) is 2.74. The monoisotopic (exact) mass is 177 g/mol. The van der Waals surface area contributed by atoms with Crippen LogP contribution in [0.3, 0.4) is 0 Å². The summed E-state index contributed by atoms with van der Waals surface area (Å²) in [6, 6.07) is 0. The van der Waals surface area contributed by atoms with E-state index in [0.717, 1.165) is 13.2 Å². The lowest BCUT2D eigenvalue weighted by atomic mass is 9.82. The molecule has 0 aromatic carbocycles. The molecule has 2 rings (SSSR count). The van der Waals surface area contributed by atoms with Crippen molar-refractivity contribution in [3.8, 4) is 0 Å². The van der Waals surface area contributed by atoms with E-state index in [1.165, 1.54) is 32.4 Å². The number of hydrogen-bond acceptors (Lipinski definition) is 2. The fourth-order valence-electron chi connectivity index (χ4n) is 2.04. The Morgan fingerprint density at radius 2 is 2.18 bits per heavy atom. The maximum atomic E-state index is 5.47. The molecule has 3 heteroatoms. The summed E-state index contributed by atoms with van der Waals surface area (Å²) in [5.74, 6) is 0. The molecule has 1 atom stereocenters. The zero-order valence-electron chi connectivity index (χ0n) is 6.77. The Labute approximate surface area is 74.1 Å². The zero-order valence-corrected chi connectivity index (χ0v) is 7.58. The Balaban J connectivity index is 0.000000605. The minimum absolute atomic E-state index is 0. The second-order valence-electron chi connectivity index (χ2n) is 3.58. The maximum Gasteiger partial charge on any atom is 0.0535 e. The molecule has 2 aliphatic rings. The van der Waals surface area contributed by atoms with E-state index in [0.29, 0.717) is 5.41 Å². The fraction of sp³-hybridized carbons (Fsp3) is 1.00. The van der Waals surface area contributed by atoms with Crippen LogP contribution in [-0.2, 0) is 4.74 Å². The first kappa shape index (κ1) is 9.30. The van der Waals surface area contributed by atoms with Crippen molar-refractivity contribution >= 4 is 12.4 Å². The number of rotatable bonds is 0. The van der Waals surface area contributed by atoms with Crippen molar-refractivity contribution in [2.24, 2.45) is 5.41 Å². The molecule has 2 heterocycles. The van der Waals surface area contributed by atoms with E-state index in [9.17, 15) is 0 Å². The topological polar surface area (TPSA) is 21.3 Å². The molecular weight excluding hydrogens is 162 g/mol. The summed E-state index contributed by atoms with van der Waals surface area (Å²) in [4.78, 5) is 0. The van der Waals surface area contributed by atoms with Gasteiger partial charge in [-0.1, -0.05) is 0 Å². The second kappa shape index (κ2) is 3.74. The Morgan fingerprint density at radius 3 is 2.73 bits per heavy atom. The van der Waals surface area contributed by atoms with Gasteiger partial charge in [0.2, 0.25) is 0 Å². The predicted molar refractivity (Wildman–Crippen MR) is 47.2 cm³/mol. The zero-order chi connectivity index (χ0) is 6.86. The molecule has 0 amide bonds. The highest BCUT2D eigenvalue weighted by Gasteiger charge is 2.35. The maximum absolute atomic E-state index is 5.47. The van der Waals surface area contributed by atoms with Crippen LogP contribution < -0.4 is 5.32 Å². The first-order chi connectivity index (χ1) is 4.91. The lowest BCUT2D eigenvalue weighted by Gasteiger charge is -2.31. The van der Waals surface area contributed by atoms with Gasteiger partial charge in [0.05, 0.1) is 6.61 Å². The van der Waals surface area contributed by atoms with Gasteiger partial charge in [0.15, 0.2) is 0 Å². The molecule has 0 aromatic rings. The van der Waals surface area contributed by atoms with Crippen LogP contribution in [0, 0.1) is 5.41 Å². The Morgan fingerprint density at radius 1 is 1.27 bits per heavy atom. The van der Waals surface area contributed by atoms with Crippen LogP contribution in [-0.4, -0.2) is 26.3 Å². The van der Waals surface area contributed by atoms with Crippen LogP contribution in [0.1, 0.15) is 19.3 Å². The van der Waals surface area contributed by atoms with Gasteiger partial charge in [0.1, 0.15) is 0 Å². The average Bonchev–Trinajstić information content (AvgIpc) is 2.39. The SMILES string of the molecule is C1COC[C@@]2(C1)CCNC2.Cl. The largest absolute Gasteiger partial charge is 0.381 e. The molecule has 0 unspecified atom stereocenters. The van der Waals surface area contributed by atoms with Gasteiger partial charge in [-0.25, -0.2) is 0 Å². The minimum atomic E-state index is 0. The van der Waals surface area contributed by atoms with Crippen molar-refractivity contribution in [3.63, 3.8) is 0 Å². The molecule has 0 saturated carbocycles. The van der Waals surface area contributed by atoms with Crippen molar-refractivity contribution in [2.45, 2.75) is 19.3 Å². The number of halogens is 1. The molecule has 2 nitrogen and oxygen atoms in total. The summed E-state index contributed by atoms with van der Waals surface area (Å²) in [5, 5.41) is 3.40. The van der Waals surface area contributed by atoms with Crippen LogP contribution >= 0.6 is 12.4 Å². The molecule has 2 saturated heterocycles. The van der Waals surface area contributed by atoms with E-state index in [1.54, 1.807) is 0 Å². The average molecular weight is 178 g/mol. The Bertz CT molecular complexity index is 115.